The number of hydrogen-bond donors (Lipinski definition) is 1. The van der Waals surface area contributed by atoms with E-state index in [1.807, 2.05) is 11.0 Å². The van der Waals surface area contributed by atoms with E-state index in [0.717, 1.165) is 36.4 Å². The Balaban J connectivity index is 1.26. The van der Waals surface area contributed by atoms with Crippen molar-refractivity contribution in [1.82, 2.24) is 9.47 Å². The molecule has 2 spiro atoms. The molecular weight excluding hydrogens is 394 g/mol. The van der Waals surface area contributed by atoms with Crippen LogP contribution in [0, 0.1) is 0 Å². The zero-order chi connectivity index (χ0) is 21.1. The van der Waals surface area contributed by atoms with Gasteiger partial charge in [-0.15, -0.1) is 0 Å². The third-order valence-corrected chi connectivity index (χ3v) is 7.02. The molecule has 2 aromatic heterocycles. The summed E-state index contributed by atoms with van der Waals surface area (Å²) < 4.78 is 19.5. The highest BCUT2D eigenvalue weighted by atomic mass is 16.5. The van der Waals surface area contributed by atoms with Gasteiger partial charge < -0.3 is 28.7 Å². The maximum Gasteiger partial charge on any atom is 0.289 e. The summed E-state index contributed by atoms with van der Waals surface area (Å²) in [6, 6.07) is 13.9. The molecule has 0 aliphatic carbocycles. The molecule has 1 N–H and O–H groups in total. The van der Waals surface area contributed by atoms with Crippen molar-refractivity contribution in [3.63, 3.8) is 0 Å². The average molecular weight is 419 g/mol. The summed E-state index contributed by atoms with van der Waals surface area (Å²) in [6.45, 7) is 1.93. The van der Waals surface area contributed by atoms with Crippen molar-refractivity contribution in [2.75, 3.05) is 32.1 Å². The first-order valence-corrected chi connectivity index (χ1v) is 10.7. The number of furan rings is 1. The van der Waals surface area contributed by atoms with E-state index < -0.39 is 0 Å². The third kappa shape index (κ3) is 2.80. The summed E-state index contributed by atoms with van der Waals surface area (Å²) in [5, 5.41) is 3.80. The van der Waals surface area contributed by atoms with Gasteiger partial charge in [-0.25, -0.2) is 0 Å². The lowest BCUT2D eigenvalue weighted by atomic mass is 9.79. The van der Waals surface area contributed by atoms with Gasteiger partial charge in [0.25, 0.3) is 5.91 Å². The molecule has 7 nitrogen and oxygen atoms in total. The van der Waals surface area contributed by atoms with E-state index in [2.05, 4.69) is 40.3 Å². The highest BCUT2D eigenvalue weighted by Crippen LogP contribution is 2.50. The summed E-state index contributed by atoms with van der Waals surface area (Å²) in [5.74, 6) is 1.19. The van der Waals surface area contributed by atoms with Crippen molar-refractivity contribution >= 4 is 11.6 Å². The molecule has 0 bridgehead atoms. The minimum atomic E-state index is -0.296. The maximum absolute atomic E-state index is 12.6. The van der Waals surface area contributed by atoms with E-state index in [1.54, 1.807) is 25.5 Å². The van der Waals surface area contributed by atoms with Gasteiger partial charge in [0.1, 0.15) is 11.3 Å². The lowest BCUT2D eigenvalue weighted by molar-refractivity contribution is -0.0396. The molecule has 1 aromatic carbocycles. The number of likely N-dealkylation sites (tertiary alicyclic amines) is 1. The second-order valence-corrected chi connectivity index (χ2v) is 8.77. The van der Waals surface area contributed by atoms with Crippen molar-refractivity contribution in [2.45, 2.75) is 30.4 Å². The molecule has 31 heavy (non-hydrogen) atoms. The first-order chi connectivity index (χ1) is 15.1. The van der Waals surface area contributed by atoms with E-state index in [0.29, 0.717) is 25.5 Å². The van der Waals surface area contributed by atoms with Crippen LogP contribution >= 0.6 is 0 Å². The molecule has 2 saturated heterocycles. The molecule has 3 aromatic rings. The predicted octanol–water partition coefficient (Wildman–Crippen LogP) is 3.80. The lowest BCUT2D eigenvalue weighted by Gasteiger charge is -2.41. The Morgan fingerprint density at radius 3 is 2.81 bits per heavy atom. The third-order valence-electron chi connectivity index (χ3n) is 7.02. The molecule has 5 heterocycles. The molecule has 2 fully saturated rings. The fraction of sp³-hybridized carbons (Fsp3) is 0.375. The Hall–Kier alpha value is -3.19. The number of carbonyl (C=O) groups is 1. The maximum atomic E-state index is 12.6. The Morgan fingerprint density at radius 2 is 2.03 bits per heavy atom. The number of nitrogens with one attached hydrogen (secondary N) is 1. The number of carbonyl (C=O) groups excluding carboxylic acids is 1. The number of fused-ring (bicyclic) bond motifs is 4. The summed E-state index contributed by atoms with van der Waals surface area (Å²) in [7, 11) is 1.69. The number of rotatable bonds is 2. The number of piperidine rings is 1. The van der Waals surface area contributed by atoms with E-state index in [-0.39, 0.29) is 17.0 Å². The summed E-state index contributed by atoms with van der Waals surface area (Å²) in [4.78, 5) is 14.5. The van der Waals surface area contributed by atoms with E-state index in [4.69, 9.17) is 13.9 Å². The van der Waals surface area contributed by atoms with Crippen molar-refractivity contribution in [1.29, 1.82) is 0 Å². The highest BCUT2D eigenvalue weighted by Gasteiger charge is 2.54. The monoisotopic (exact) mass is 419 g/mol. The molecule has 1 atom stereocenters. The van der Waals surface area contributed by atoms with E-state index >= 15 is 0 Å². The second-order valence-electron chi connectivity index (χ2n) is 8.77. The number of benzene rings is 1. The number of anilines is 1. The number of methoxy groups -OCH3 is 1. The van der Waals surface area contributed by atoms with Crippen LogP contribution in [0.2, 0.25) is 0 Å². The number of aromatic nitrogens is 1. The summed E-state index contributed by atoms with van der Waals surface area (Å²) >= 11 is 0. The summed E-state index contributed by atoms with van der Waals surface area (Å²) in [5.41, 5.74) is 2.85. The van der Waals surface area contributed by atoms with Gasteiger partial charge >= 0.3 is 0 Å². The molecule has 160 valence electrons. The first-order valence-electron chi connectivity index (χ1n) is 10.7. The molecule has 7 heteroatoms. The number of hydrogen-bond acceptors (Lipinski definition) is 5. The molecule has 0 radical (unpaired) electrons. The predicted molar refractivity (Wildman–Crippen MR) is 115 cm³/mol. The Bertz CT molecular complexity index is 1130. The van der Waals surface area contributed by atoms with E-state index in [1.165, 1.54) is 5.69 Å². The normalized spacial score (nSPS) is 23.5. The van der Waals surface area contributed by atoms with Crippen molar-refractivity contribution < 1.29 is 18.7 Å². The minimum absolute atomic E-state index is 0.0433. The average Bonchev–Trinajstić information content (AvgIpc) is 3.55. The van der Waals surface area contributed by atoms with Crippen LogP contribution in [-0.2, 0) is 10.3 Å². The zero-order valence-electron chi connectivity index (χ0n) is 17.5. The standard InChI is InChI=1S/C24H25N3O4/c1-29-17-6-7-19-18(14-17)25-24(21-5-2-10-27(19)21)15-23(31-16-24)8-11-26(12-9-23)22(28)20-4-3-13-30-20/h2-7,10,13-14,25H,8-9,11-12,15-16H2,1H3/t24-/m1/s1. The Morgan fingerprint density at radius 1 is 1.16 bits per heavy atom. The smallest absolute Gasteiger partial charge is 0.289 e. The molecule has 0 saturated carbocycles. The van der Waals surface area contributed by atoms with Gasteiger partial charge in [-0.3, -0.25) is 4.79 Å². The minimum Gasteiger partial charge on any atom is -0.497 e. The quantitative estimate of drug-likeness (QED) is 0.684. The molecular formula is C24H25N3O4. The fourth-order valence-corrected chi connectivity index (χ4v) is 5.42. The molecule has 3 aliphatic heterocycles. The van der Waals surface area contributed by atoms with Crippen LogP contribution in [0.4, 0.5) is 5.69 Å². The van der Waals surface area contributed by atoms with Gasteiger partial charge in [0.05, 0.1) is 42.6 Å². The first kappa shape index (κ1) is 18.6. The van der Waals surface area contributed by atoms with Crippen LogP contribution < -0.4 is 10.1 Å². The Labute approximate surface area is 180 Å². The van der Waals surface area contributed by atoms with Gasteiger partial charge in [-0.1, -0.05) is 0 Å². The molecule has 6 rings (SSSR count). The van der Waals surface area contributed by atoms with Gasteiger partial charge in [0.15, 0.2) is 5.76 Å². The van der Waals surface area contributed by atoms with Gasteiger partial charge in [0.2, 0.25) is 0 Å². The Kier molecular flexibility index (Phi) is 3.99. The van der Waals surface area contributed by atoms with Gasteiger partial charge in [-0.05, 0) is 49.2 Å². The van der Waals surface area contributed by atoms with Crippen LogP contribution in [0.15, 0.2) is 59.3 Å². The van der Waals surface area contributed by atoms with Crippen molar-refractivity contribution in [3.05, 3.63) is 66.4 Å². The largest absolute Gasteiger partial charge is 0.497 e. The second kappa shape index (κ2) is 6.65. The number of amides is 1. The van der Waals surface area contributed by atoms with Crippen LogP contribution in [0.25, 0.3) is 5.69 Å². The lowest BCUT2D eigenvalue weighted by Crippen LogP contribution is -2.48. The van der Waals surface area contributed by atoms with Crippen LogP contribution in [0.3, 0.4) is 0 Å². The van der Waals surface area contributed by atoms with Crippen molar-refractivity contribution in [2.24, 2.45) is 0 Å². The fourth-order valence-electron chi connectivity index (χ4n) is 5.42. The van der Waals surface area contributed by atoms with Gasteiger partial charge in [0, 0.05) is 31.8 Å². The van der Waals surface area contributed by atoms with E-state index in [9.17, 15) is 4.79 Å². The SMILES string of the molecule is COc1ccc2c(c1)N[C@]1(COC3(CCN(C(=O)c4ccco4)CC3)C1)c1cccn1-2. The van der Waals surface area contributed by atoms with Gasteiger partial charge in [-0.2, -0.15) is 0 Å². The van der Waals surface area contributed by atoms with Crippen LogP contribution in [0.1, 0.15) is 35.5 Å². The number of nitrogens with zero attached hydrogens (tertiary/aromatic N) is 2. The highest BCUT2D eigenvalue weighted by molar-refractivity contribution is 5.91. The van der Waals surface area contributed by atoms with Crippen LogP contribution in [-0.4, -0.2) is 47.8 Å². The van der Waals surface area contributed by atoms with Crippen LogP contribution in [0.5, 0.6) is 5.75 Å². The topological polar surface area (TPSA) is 68.9 Å². The summed E-state index contributed by atoms with van der Waals surface area (Å²) in [6.07, 6.45) is 6.14. The molecule has 3 aliphatic rings. The molecule has 0 unspecified atom stereocenters. The molecule has 1 amide bonds. The number of ether oxygens (including phenoxy) is 2. The van der Waals surface area contributed by atoms with Crippen molar-refractivity contribution in [3.8, 4) is 11.4 Å². The zero-order valence-corrected chi connectivity index (χ0v) is 17.5.